The Labute approximate surface area is 107 Å². The van der Waals surface area contributed by atoms with Crippen LogP contribution in [0.4, 0.5) is 0 Å². The van der Waals surface area contributed by atoms with Crippen molar-refractivity contribution in [3.05, 3.63) is 27.5 Å². The zero-order valence-electron chi connectivity index (χ0n) is 9.13. The lowest BCUT2D eigenvalue weighted by Crippen LogP contribution is -2.05. The Morgan fingerprint density at radius 1 is 1.50 bits per heavy atom. The predicted octanol–water partition coefficient (Wildman–Crippen LogP) is 3.41. The van der Waals surface area contributed by atoms with E-state index in [1.54, 1.807) is 7.11 Å². The molecule has 0 saturated heterocycles. The minimum absolute atomic E-state index is 0.667. The minimum Gasteiger partial charge on any atom is -0.383 e. The first-order chi connectivity index (χ1) is 7.63. The fraction of sp³-hybridized carbons (Fsp3) is 0.364. The average molecular weight is 304 g/mol. The van der Waals surface area contributed by atoms with E-state index < -0.39 is 0 Å². The number of imidazole rings is 1. The number of hydrogen-bond acceptors (Lipinski definition) is 2. The molecule has 0 fully saturated rings. The topological polar surface area (TPSA) is 27.1 Å². The molecule has 1 aromatic heterocycles. The molecule has 0 N–H and O–H groups in total. The van der Waals surface area contributed by atoms with E-state index in [0.717, 1.165) is 27.9 Å². The van der Waals surface area contributed by atoms with Crippen molar-refractivity contribution >= 4 is 38.6 Å². The molecule has 0 aliphatic heterocycles. The van der Waals surface area contributed by atoms with Crippen LogP contribution in [-0.2, 0) is 11.3 Å². The molecule has 0 aliphatic carbocycles. The second-order valence-electron chi connectivity index (χ2n) is 3.56. The highest BCUT2D eigenvalue weighted by Gasteiger charge is 2.09. The number of halogens is 2. The Morgan fingerprint density at radius 3 is 2.94 bits per heavy atom. The fourth-order valence-corrected chi connectivity index (χ4v) is 2.19. The van der Waals surface area contributed by atoms with Gasteiger partial charge in [-0.1, -0.05) is 11.6 Å². The van der Waals surface area contributed by atoms with Crippen molar-refractivity contribution in [1.82, 2.24) is 9.55 Å². The van der Waals surface area contributed by atoms with Gasteiger partial charge in [-0.25, -0.2) is 4.98 Å². The number of hydrogen-bond donors (Lipinski definition) is 0. The molecule has 0 spiro atoms. The van der Waals surface area contributed by atoms with Crippen molar-refractivity contribution in [1.29, 1.82) is 0 Å². The smallest absolute Gasteiger partial charge is 0.106 e. The summed E-state index contributed by atoms with van der Waals surface area (Å²) in [6.45, 7) is 3.44. The summed E-state index contributed by atoms with van der Waals surface area (Å²) in [5, 5.41) is 0.700. The molecule has 5 heteroatoms. The van der Waals surface area contributed by atoms with E-state index in [0.29, 0.717) is 11.6 Å². The van der Waals surface area contributed by atoms with Gasteiger partial charge < -0.3 is 9.30 Å². The normalized spacial score (nSPS) is 11.2. The molecule has 86 valence electrons. The standard InChI is InChI=1S/C11H12BrClN2O/c1-7-14-10-5-8(12)9(13)6-11(10)15(7)3-4-16-2/h5-6H,3-4H2,1-2H3. The van der Waals surface area contributed by atoms with E-state index in [4.69, 9.17) is 16.3 Å². The van der Waals surface area contributed by atoms with Crippen LogP contribution in [0.2, 0.25) is 5.02 Å². The van der Waals surface area contributed by atoms with Gasteiger partial charge in [0, 0.05) is 18.1 Å². The summed E-state index contributed by atoms with van der Waals surface area (Å²) in [6.07, 6.45) is 0. The van der Waals surface area contributed by atoms with Crippen LogP contribution in [0.5, 0.6) is 0 Å². The first-order valence-corrected chi connectivity index (χ1v) is 6.11. The molecule has 0 bridgehead atoms. The average Bonchev–Trinajstić information content (AvgIpc) is 2.52. The van der Waals surface area contributed by atoms with Crippen LogP contribution < -0.4 is 0 Å². The summed E-state index contributed by atoms with van der Waals surface area (Å²) < 4.78 is 8.06. The Hall–Kier alpha value is -0.580. The van der Waals surface area contributed by atoms with E-state index in [1.807, 2.05) is 19.1 Å². The fourth-order valence-electron chi connectivity index (χ4n) is 1.71. The molecule has 0 atom stereocenters. The van der Waals surface area contributed by atoms with Crippen LogP contribution in [0.25, 0.3) is 11.0 Å². The molecule has 0 saturated carbocycles. The molecular formula is C11H12BrClN2O. The van der Waals surface area contributed by atoms with Crippen molar-refractivity contribution < 1.29 is 4.74 Å². The number of rotatable bonds is 3. The third-order valence-corrected chi connectivity index (χ3v) is 3.70. The van der Waals surface area contributed by atoms with Crippen LogP contribution in [0, 0.1) is 6.92 Å². The lowest BCUT2D eigenvalue weighted by Gasteiger charge is -2.06. The molecule has 2 rings (SSSR count). The molecule has 16 heavy (non-hydrogen) atoms. The maximum Gasteiger partial charge on any atom is 0.106 e. The molecule has 1 heterocycles. The number of nitrogens with zero attached hydrogens (tertiary/aromatic N) is 2. The highest BCUT2D eigenvalue weighted by molar-refractivity contribution is 9.10. The zero-order valence-corrected chi connectivity index (χ0v) is 11.5. The highest BCUT2D eigenvalue weighted by Crippen LogP contribution is 2.28. The van der Waals surface area contributed by atoms with Gasteiger partial charge in [-0.3, -0.25) is 0 Å². The highest BCUT2D eigenvalue weighted by atomic mass is 79.9. The first kappa shape index (κ1) is 11.9. The van der Waals surface area contributed by atoms with Gasteiger partial charge in [-0.2, -0.15) is 0 Å². The Morgan fingerprint density at radius 2 is 2.25 bits per heavy atom. The lowest BCUT2D eigenvalue weighted by atomic mass is 10.3. The van der Waals surface area contributed by atoms with Crippen LogP contribution in [0.15, 0.2) is 16.6 Å². The monoisotopic (exact) mass is 302 g/mol. The molecule has 0 amide bonds. The second kappa shape index (κ2) is 4.73. The van der Waals surface area contributed by atoms with Crippen molar-refractivity contribution in [2.75, 3.05) is 13.7 Å². The van der Waals surface area contributed by atoms with Gasteiger partial charge in [0.15, 0.2) is 0 Å². The molecule has 0 radical (unpaired) electrons. The van der Waals surface area contributed by atoms with E-state index in [2.05, 4.69) is 25.5 Å². The SMILES string of the molecule is COCCn1c(C)nc2cc(Br)c(Cl)cc21. The van der Waals surface area contributed by atoms with Crippen LogP contribution in [0.1, 0.15) is 5.82 Å². The number of methoxy groups -OCH3 is 1. The second-order valence-corrected chi connectivity index (χ2v) is 4.82. The Kier molecular flexibility index (Phi) is 3.52. The molecule has 0 unspecified atom stereocenters. The third kappa shape index (κ3) is 2.10. The summed E-state index contributed by atoms with van der Waals surface area (Å²) in [7, 11) is 1.69. The van der Waals surface area contributed by atoms with Gasteiger partial charge in [-0.15, -0.1) is 0 Å². The number of benzene rings is 1. The maximum absolute atomic E-state index is 6.08. The number of ether oxygens (including phenoxy) is 1. The summed E-state index contributed by atoms with van der Waals surface area (Å²) in [5.41, 5.74) is 1.99. The summed E-state index contributed by atoms with van der Waals surface area (Å²) >= 11 is 9.48. The van der Waals surface area contributed by atoms with Gasteiger partial charge >= 0.3 is 0 Å². The van der Waals surface area contributed by atoms with Crippen molar-refractivity contribution in [3.8, 4) is 0 Å². The van der Waals surface area contributed by atoms with E-state index in [-0.39, 0.29) is 0 Å². The van der Waals surface area contributed by atoms with Gasteiger partial charge in [0.2, 0.25) is 0 Å². The zero-order chi connectivity index (χ0) is 11.7. The van der Waals surface area contributed by atoms with Crippen molar-refractivity contribution in [3.63, 3.8) is 0 Å². The molecule has 1 aromatic carbocycles. The first-order valence-electron chi connectivity index (χ1n) is 4.94. The Bertz CT molecular complexity index is 524. The van der Waals surface area contributed by atoms with Crippen LogP contribution >= 0.6 is 27.5 Å². The van der Waals surface area contributed by atoms with Gasteiger partial charge in [0.05, 0.1) is 22.7 Å². The molecule has 2 aromatic rings. The van der Waals surface area contributed by atoms with Gasteiger partial charge in [0.25, 0.3) is 0 Å². The quantitative estimate of drug-likeness (QED) is 0.869. The van der Waals surface area contributed by atoms with Crippen molar-refractivity contribution in [2.45, 2.75) is 13.5 Å². The van der Waals surface area contributed by atoms with Gasteiger partial charge in [-0.05, 0) is 35.0 Å². The third-order valence-electron chi connectivity index (χ3n) is 2.50. The molecular weight excluding hydrogens is 291 g/mol. The van der Waals surface area contributed by atoms with Crippen molar-refractivity contribution in [2.24, 2.45) is 0 Å². The number of fused-ring (bicyclic) bond motifs is 1. The summed E-state index contributed by atoms with van der Waals surface area (Å²) in [5.74, 6) is 0.973. The van der Waals surface area contributed by atoms with Crippen LogP contribution in [-0.4, -0.2) is 23.3 Å². The van der Waals surface area contributed by atoms with Gasteiger partial charge in [0.1, 0.15) is 5.82 Å². The van der Waals surface area contributed by atoms with E-state index in [1.165, 1.54) is 0 Å². The Balaban J connectivity index is 2.55. The van der Waals surface area contributed by atoms with E-state index in [9.17, 15) is 0 Å². The summed E-state index contributed by atoms with van der Waals surface area (Å²) in [4.78, 5) is 4.49. The molecule has 0 aliphatic rings. The molecule has 3 nitrogen and oxygen atoms in total. The predicted molar refractivity (Wildman–Crippen MR) is 69.1 cm³/mol. The largest absolute Gasteiger partial charge is 0.383 e. The van der Waals surface area contributed by atoms with E-state index >= 15 is 0 Å². The van der Waals surface area contributed by atoms with Crippen LogP contribution in [0.3, 0.4) is 0 Å². The number of aryl methyl sites for hydroxylation is 1. The minimum atomic E-state index is 0.667. The maximum atomic E-state index is 6.08. The summed E-state index contributed by atoms with van der Waals surface area (Å²) in [6, 6.07) is 3.87. The number of aromatic nitrogens is 2. The lowest BCUT2D eigenvalue weighted by molar-refractivity contribution is 0.187.